The second kappa shape index (κ2) is 6.23. The minimum absolute atomic E-state index is 0.0607. The van der Waals surface area contributed by atoms with Gasteiger partial charge in [0.05, 0.1) is 11.7 Å². The number of hydrogen-bond donors (Lipinski definition) is 1. The summed E-state index contributed by atoms with van der Waals surface area (Å²) in [6.45, 7) is 0. The molecule has 0 atom stereocenters. The molecule has 3 aromatic rings. The van der Waals surface area contributed by atoms with Gasteiger partial charge < -0.3 is 5.32 Å². The van der Waals surface area contributed by atoms with Crippen molar-refractivity contribution in [2.24, 2.45) is 0 Å². The zero-order chi connectivity index (χ0) is 17.5. The third-order valence-electron chi connectivity index (χ3n) is 5.67. The monoisotopic (exact) mass is 350 g/mol. The number of nitrogens with one attached hydrogen (secondary N) is 1. The summed E-state index contributed by atoms with van der Waals surface area (Å²) in [5.41, 5.74) is 3.18. The van der Waals surface area contributed by atoms with Crippen molar-refractivity contribution in [3.05, 3.63) is 52.1 Å². The zero-order valence-corrected chi connectivity index (χ0v) is 14.6. The Kier molecular flexibility index (Phi) is 3.72. The van der Waals surface area contributed by atoms with E-state index in [0.717, 1.165) is 67.8 Å². The van der Waals surface area contributed by atoms with Gasteiger partial charge in [-0.15, -0.1) is 10.2 Å². The highest BCUT2D eigenvalue weighted by Crippen LogP contribution is 2.29. The summed E-state index contributed by atoms with van der Waals surface area (Å²) in [5, 5.41) is 16.6. The van der Waals surface area contributed by atoms with E-state index in [9.17, 15) is 4.79 Å². The van der Waals surface area contributed by atoms with Gasteiger partial charge in [0.25, 0.3) is 5.56 Å². The van der Waals surface area contributed by atoms with Gasteiger partial charge in [0.15, 0.2) is 5.65 Å². The molecule has 26 heavy (non-hydrogen) atoms. The molecule has 0 aromatic carbocycles. The van der Waals surface area contributed by atoms with Crippen LogP contribution in [0.1, 0.15) is 49.4 Å². The molecule has 3 aromatic heterocycles. The number of aryl methyl sites for hydroxylation is 2. The lowest BCUT2D eigenvalue weighted by atomic mass is 9.91. The Hall–Kier alpha value is -2.70. The highest BCUT2D eigenvalue weighted by molar-refractivity contribution is 5.45. The Morgan fingerprint density at radius 2 is 1.96 bits per heavy atom. The summed E-state index contributed by atoms with van der Waals surface area (Å²) in [4.78, 5) is 12.4. The largest absolute Gasteiger partial charge is 0.351 e. The molecule has 1 fully saturated rings. The van der Waals surface area contributed by atoms with Gasteiger partial charge in [0, 0.05) is 18.3 Å². The summed E-state index contributed by atoms with van der Waals surface area (Å²) in [6, 6.07) is 8.25. The van der Waals surface area contributed by atoms with Gasteiger partial charge in [-0.3, -0.25) is 9.20 Å². The number of rotatable bonds is 3. The second-order valence-corrected chi connectivity index (χ2v) is 7.35. The van der Waals surface area contributed by atoms with Crippen LogP contribution < -0.4 is 10.9 Å². The minimum atomic E-state index is 0.0607. The van der Waals surface area contributed by atoms with E-state index >= 15 is 0 Å². The van der Waals surface area contributed by atoms with Crippen LogP contribution in [0.5, 0.6) is 0 Å². The predicted molar refractivity (Wildman–Crippen MR) is 98.4 cm³/mol. The zero-order valence-electron chi connectivity index (χ0n) is 14.6. The molecule has 0 amide bonds. The van der Waals surface area contributed by atoms with Crippen molar-refractivity contribution < 1.29 is 0 Å². The molecule has 0 radical (unpaired) electrons. The van der Waals surface area contributed by atoms with E-state index in [1.54, 1.807) is 4.68 Å². The van der Waals surface area contributed by atoms with Crippen LogP contribution in [0.2, 0.25) is 0 Å². The topological polar surface area (TPSA) is 77.1 Å². The average Bonchev–Trinajstić information content (AvgIpc) is 3.29. The Balaban J connectivity index is 1.29. The van der Waals surface area contributed by atoms with Crippen LogP contribution in [0.4, 0.5) is 5.95 Å². The fraction of sp³-hybridized carbons (Fsp3) is 0.474. The van der Waals surface area contributed by atoms with Crippen LogP contribution in [-0.2, 0) is 12.8 Å². The van der Waals surface area contributed by atoms with E-state index < -0.39 is 0 Å². The van der Waals surface area contributed by atoms with Gasteiger partial charge in [-0.2, -0.15) is 5.10 Å². The van der Waals surface area contributed by atoms with Gasteiger partial charge in [-0.05, 0) is 62.6 Å². The third-order valence-corrected chi connectivity index (χ3v) is 5.67. The smallest absolute Gasteiger partial charge is 0.267 e. The normalized spacial score (nSPS) is 22.5. The quantitative estimate of drug-likeness (QED) is 0.785. The Morgan fingerprint density at radius 1 is 1.08 bits per heavy atom. The van der Waals surface area contributed by atoms with Crippen molar-refractivity contribution in [3.8, 4) is 0 Å². The van der Waals surface area contributed by atoms with Crippen LogP contribution in [0.25, 0.3) is 5.65 Å². The maximum Gasteiger partial charge on any atom is 0.267 e. The number of nitrogens with zero attached hydrogens (tertiary/aromatic N) is 5. The molecule has 2 aliphatic rings. The van der Waals surface area contributed by atoms with Gasteiger partial charge in [0.1, 0.15) is 0 Å². The van der Waals surface area contributed by atoms with Crippen molar-refractivity contribution in [1.29, 1.82) is 0 Å². The molecule has 1 N–H and O–H groups in total. The van der Waals surface area contributed by atoms with Crippen molar-refractivity contribution in [2.45, 2.75) is 57.0 Å². The van der Waals surface area contributed by atoms with E-state index in [2.05, 4.69) is 20.6 Å². The standard InChI is InChI=1S/C19H22N6O/c26-18-12-13-4-3-5-16(13)23-25(18)15-9-7-14(8-10-15)20-19-22-21-17-6-1-2-11-24(17)19/h1-2,6,11-12,14-15H,3-5,7-10H2,(H,20,22). The molecule has 0 spiro atoms. The van der Waals surface area contributed by atoms with E-state index in [4.69, 9.17) is 0 Å². The van der Waals surface area contributed by atoms with Crippen LogP contribution in [0, 0.1) is 0 Å². The van der Waals surface area contributed by atoms with Crippen LogP contribution in [0.3, 0.4) is 0 Å². The first-order valence-electron chi connectivity index (χ1n) is 9.46. The van der Waals surface area contributed by atoms with E-state index in [1.165, 1.54) is 0 Å². The van der Waals surface area contributed by atoms with Crippen molar-refractivity contribution in [1.82, 2.24) is 24.4 Å². The van der Waals surface area contributed by atoms with Crippen molar-refractivity contribution in [2.75, 3.05) is 5.32 Å². The maximum atomic E-state index is 12.4. The Labute approximate surface area is 151 Å². The molecule has 2 aliphatic carbocycles. The SMILES string of the molecule is O=c1cc2c(nn1C1CCC(Nc3nnc4ccccn34)CC1)CCC2. The molecule has 7 heteroatoms. The number of fused-ring (bicyclic) bond motifs is 2. The molecule has 0 aliphatic heterocycles. The molecule has 7 nitrogen and oxygen atoms in total. The summed E-state index contributed by atoms with van der Waals surface area (Å²) >= 11 is 0. The van der Waals surface area contributed by atoms with Gasteiger partial charge in [-0.25, -0.2) is 4.68 Å². The highest BCUT2D eigenvalue weighted by atomic mass is 16.1. The van der Waals surface area contributed by atoms with Crippen LogP contribution in [0.15, 0.2) is 35.3 Å². The van der Waals surface area contributed by atoms with Crippen molar-refractivity contribution in [3.63, 3.8) is 0 Å². The van der Waals surface area contributed by atoms with E-state index in [-0.39, 0.29) is 11.6 Å². The number of hydrogen-bond acceptors (Lipinski definition) is 5. The number of aromatic nitrogens is 5. The number of pyridine rings is 1. The molecule has 0 bridgehead atoms. The molecular weight excluding hydrogens is 328 g/mol. The number of anilines is 1. The first kappa shape index (κ1) is 15.5. The first-order valence-corrected chi connectivity index (χ1v) is 9.46. The average molecular weight is 350 g/mol. The third kappa shape index (κ3) is 2.67. The molecular formula is C19H22N6O. The summed E-state index contributed by atoms with van der Waals surface area (Å²) in [7, 11) is 0. The second-order valence-electron chi connectivity index (χ2n) is 7.35. The predicted octanol–water partition coefficient (Wildman–Crippen LogP) is 2.37. The molecule has 3 heterocycles. The lowest BCUT2D eigenvalue weighted by molar-refractivity contribution is 0.301. The fourth-order valence-corrected chi connectivity index (χ4v) is 4.26. The van der Waals surface area contributed by atoms with Crippen LogP contribution >= 0.6 is 0 Å². The highest BCUT2D eigenvalue weighted by Gasteiger charge is 2.26. The molecule has 0 saturated heterocycles. The fourth-order valence-electron chi connectivity index (χ4n) is 4.26. The van der Waals surface area contributed by atoms with Gasteiger partial charge >= 0.3 is 0 Å². The van der Waals surface area contributed by atoms with E-state index in [0.29, 0.717) is 6.04 Å². The Morgan fingerprint density at radius 3 is 2.85 bits per heavy atom. The molecule has 0 unspecified atom stereocenters. The van der Waals surface area contributed by atoms with Gasteiger partial charge in [-0.1, -0.05) is 6.07 Å². The lowest BCUT2D eigenvalue weighted by Gasteiger charge is -2.29. The molecule has 5 rings (SSSR count). The molecule has 1 saturated carbocycles. The summed E-state index contributed by atoms with van der Waals surface area (Å²) in [6.07, 6.45) is 9.01. The Bertz CT molecular complexity index is 999. The van der Waals surface area contributed by atoms with Crippen molar-refractivity contribution >= 4 is 11.6 Å². The summed E-state index contributed by atoms with van der Waals surface area (Å²) in [5.74, 6) is 0.789. The lowest BCUT2D eigenvalue weighted by Crippen LogP contribution is -2.34. The van der Waals surface area contributed by atoms with Gasteiger partial charge in [0.2, 0.25) is 5.95 Å². The first-order chi connectivity index (χ1) is 12.8. The molecule has 134 valence electrons. The summed E-state index contributed by atoms with van der Waals surface area (Å²) < 4.78 is 3.71. The maximum absolute atomic E-state index is 12.4. The van der Waals surface area contributed by atoms with E-state index in [1.807, 2.05) is 34.9 Å². The minimum Gasteiger partial charge on any atom is -0.351 e. The van der Waals surface area contributed by atoms with Crippen LogP contribution in [-0.4, -0.2) is 30.4 Å².